The van der Waals surface area contributed by atoms with Gasteiger partial charge in [0.2, 0.25) is 0 Å². The van der Waals surface area contributed by atoms with Crippen LogP contribution in [0.5, 0.6) is 5.75 Å². The lowest BCUT2D eigenvalue weighted by Crippen LogP contribution is -2.26. The van der Waals surface area contributed by atoms with Crippen LogP contribution in [0.25, 0.3) is 5.69 Å². The highest BCUT2D eigenvalue weighted by Crippen LogP contribution is 2.18. The van der Waals surface area contributed by atoms with Gasteiger partial charge in [-0.25, -0.2) is 4.39 Å². The number of rotatable bonds is 4. The van der Waals surface area contributed by atoms with E-state index in [1.54, 1.807) is 24.3 Å². The molecule has 1 amide bonds. The standard InChI is InChI=1S/C18H13ClFN3O3/c1-26-15-10-16(24)23(14-8-4-12(20)5-9-14)22-17(15)18(25)21-13-6-2-11(19)3-7-13/h2-10H,1H3,(H,21,25). The minimum Gasteiger partial charge on any atom is -0.494 e. The van der Waals surface area contributed by atoms with Crippen molar-refractivity contribution in [2.24, 2.45) is 0 Å². The molecule has 0 fully saturated rings. The monoisotopic (exact) mass is 373 g/mol. The summed E-state index contributed by atoms with van der Waals surface area (Å²) in [5.41, 5.74) is 0.213. The number of ether oxygens (including phenoxy) is 1. The van der Waals surface area contributed by atoms with Crippen LogP contribution in [-0.2, 0) is 0 Å². The van der Waals surface area contributed by atoms with E-state index in [0.29, 0.717) is 16.4 Å². The first-order chi connectivity index (χ1) is 12.5. The molecule has 0 aliphatic carbocycles. The van der Waals surface area contributed by atoms with Crippen molar-refractivity contribution in [3.05, 3.63) is 81.5 Å². The van der Waals surface area contributed by atoms with E-state index in [1.165, 1.54) is 31.4 Å². The molecule has 0 saturated heterocycles. The van der Waals surface area contributed by atoms with E-state index in [1.807, 2.05) is 0 Å². The number of halogens is 2. The minimum absolute atomic E-state index is 0.0276. The lowest BCUT2D eigenvalue weighted by molar-refractivity contribution is 0.101. The maximum atomic E-state index is 13.1. The molecule has 0 aliphatic rings. The summed E-state index contributed by atoms with van der Waals surface area (Å²) in [7, 11) is 1.33. The number of nitrogens with one attached hydrogen (secondary N) is 1. The molecule has 0 spiro atoms. The van der Waals surface area contributed by atoms with Crippen molar-refractivity contribution in [3.8, 4) is 11.4 Å². The van der Waals surface area contributed by atoms with Gasteiger partial charge in [-0.15, -0.1) is 0 Å². The van der Waals surface area contributed by atoms with Crippen molar-refractivity contribution in [1.82, 2.24) is 9.78 Å². The minimum atomic E-state index is -0.569. The van der Waals surface area contributed by atoms with E-state index < -0.39 is 17.3 Å². The Morgan fingerprint density at radius 3 is 2.42 bits per heavy atom. The molecule has 0 bridgehead atoms. The Labute approximate surface area is 152 Å². The van der Waals surface area contributed by atoms with Gasteiger partial charge in [0.1, 0.15) is 5.82 Å². The smallest absolute Gasteiger partial charge is 0.279 e. The van der Waals surface area contributed by atoms with E-state index in [9.17, 15) is 14.0 Å². The van der Waals surface area contributed by atoms with E-state index >= 15 is 0 Å². The van der Waals surface area contributed by atoms with Crippen LogP contribution >= 0.6 is 11.6 Å². The van der Waals surface area contributed by atoms with Crippen LogP contribution in [-0.4, -0.2) is 22.8 Å². The zero-order valence-electron chi connectivity index (χ0n) is 13.6. The number of methoxy groups -OCH3 is 1. The van der Waals surface area contributed by atoms with Gasteiger partial charge in [0.15, 0.2) is 11.4 Å². The quantitative estimate of drug-likeness (QED) is 0.761. The molecule has 0 unspecified atom stereocenters. The summed E-state index contributed by atoms with van der Waals surface area (Å²) >= 11 is 5.82. The Kier molecular flexibility index (Phi) is 4.99. The molecule has 0 saturated carbocycles. The zero-order chi connectivity index (χ0) is 18.7. The number of anilines is 1. The maximum Gasteiger partial charge on any atom is 0.279 e. The van der Waals surface area contributed by atoms with Crippen LogP contribution in [0, 0.1) is 5.82 Å². The van der Waals surface area contributed by atoms with Gasteiger partial charge in [0.05, 0.1) is 18.9 Å². The molecule has 1 N–H and O–H groups in total. The molecule has 0 aliphatic heterocycles. The van der Waals surface area contributed by atoms with Crippen LogP contribution in [0.3, 0.4) is 0 Å². The number of carbonyl (C=O) groups excluding carboxylic acids is 1. The van der Waals surface area contributed by atoms with Crippen molar-refractivity contribution in [2.75, 3.05) is 12.4 Å². The highest BCUT2D eigenvalue weighted by molar-refractivity contribution is 6.30. The third kappa shape index (κ3) is 3.73. The van der Waals surface area contributed by atoms with Crippen molar-refractivity contribution in [3.63, 3.8) is 0 Å². The fourth-order valence-electron chi connectivity index (χ4n) is 2.24. The Balaban J connectivity index is 2.00. The molecule has 1 heterocycles. The molecular formula is C18H13ClFN3O3. The summed E-state index contributed by atoms with van der Waals surface area (Å²) < 4.78 is 19.2. The highest BCUT2D eigenvalue weighted by Gasteiger charge is 2.18. The number of hydrogen-bond acceptors (Lipinski definition) is 4. The first-order valence-corrected chi connectivity index (χ1v) is 7.87. The van der Waals surface area contributed by atoms with Gasteiger partial charge in [-0.2, -0.15) is 9.78 Å². The predicted octanol–water partition coefficient (Wildman–Crippen LogP) is 3.29. The van der Waals surface area contributed by atoms with Gasteiger partial charge < -0.3 is 10.1 Å². The highest BCUT2D eigenvalue weighted by atomic mass is 35.5. The lowest BCUT2D eigenvalue weighted by atomic mass is 10.2. The molecule has 132 valence electrons. The van der Waals surface area contributed by atoms with Crippen LogP contribution in [0.15, 0.2) is 59.4 Å². The Morgan fingerprint density at radius 1 is 1.15 bits per heavy atom. The summed E-state index contributed by atoms with van der Waals surface area (Å²) in [6.07, 6.45) is 0. The molecule has 6 nitrogen and oxygen atoms in total. The SMILES string of the molecule is COc1cc(=O)n(-c2ccc(F)cc2)nc1C(=O)Nc1ccc(Cl)cc1. The van der Waals surface area contributed by atoms with Crippen molar-refractivity contribution >= 4 is 23.2 Å². The van der Waals surface area contributed by atoms with Crippen LogP contribution in [0.2, 0.25) is 5.02 Å². The van der Waals surface area contributed by atoms with Gasteiger partial charge in [-0.3, -0.25) is 9.59 Å². The van der Waals surface area contributed by atoms with E-state index in [4.69, 9.17) is 16.3 Å². The largest absolute Gasteiger partial charge is 0.494 e. The fraction of sp³-hybridized carbons (Fsp3) is 0.0556. The number of amides is 1. The van der Waals surface area contributed by atoms with E-state index in [2.05, 4.69) is 10.4 Å². The van der Waals surface area contributed by atoms with Crippen molar-refractivity contribution in [1.29, 1.82) is 0 Å². The van der Waals surface area contributed by atoms with Crippen molar-refractivity contribution < 1.29 is 13.9 Å². The van der Waals surface area contributed by atoms with Gasteiger partial charge in [-0.1, -0.05) is 11.6 Å². The van der Waals surface area contributed by atoms with Crippen molar-refractivity contribution in [2.45, 2.75) is 0 Å². The summed E-state index contributed by atoms with van der Waals surface area (Å²) in [4.78, 5) is 24.8. The Bertz CT molecular complexity index is 1000. The maximum absolute atomic E-state index is 13.1. The summed E-state index contributed by atoms with van der Waals surface area (Å²) in [6.45, 7) is 0. The molecule has 1 aromatic heterocycles. The molecule has 0 radical (unpaired) electrons. The molecule has 3 rings (SSSR count). The number of carbonyl (C=O) groups is 1. The second-order valence-corrected chi connectivity index (χ2v) is 5.69. The lowest BCUT2D eigenvalue weighted by Gasteiger charge is -2.11. The molecule has 2 aromatic carbocycles. The average Bonchev–Trinajstić information content (AvgIpc) is 2.64. The Hall–Kier alpha value is -3.19. The molecule has 26 heavy (non-hydrogen) atoms. The van der Waals surface area contributed by atoms with Gasteiger partial charge >= 0.3 is 0 Å². The van der Waals surface area contributed by atoms with E-state index in [-0.39, 0.29) is 11.4 Å². The molecule has 3 aromatic rings. The fourth-order valence-corrected chi connectivity index (χ4v) is 2.37. The molecule has 0 atom stereocenters. The zero-order valence-corrected chi connectivity index (χ0v) is 14.3. The predicted molar refractivity (Wildman–Crippen MR) is 95.7 cm³/mol. The second kappa shape index (κ2) is 7.37. The third-order valence-corrected chi connectivity index (χ3v) is 3.76. The second-order valence-electron chi connectivity index (χ2n) is 5.25. The van der Waals surface area contributed by atoms with Crippen LogP contribution in [0.1, 0.15) is 10.5 Å². The number of benzene rings is 2. The van der Waals surface area contributed by atoms with Gasteiger partial charge in [0.25, 0.3) is 11.5 Å². The summed E-state index contributed by atoms with van der Waals surface area (Å²) in [5, 5.41) is 7.26. The van der Waals surface area contributed by atoms with Crippen LogP contribution in [0.4, 0.5) is 10.1 Å². The topological polar surface area (TPSA) is 73.2 Å². The Morgan fingerprint density at radius 2 is 1.81 bits per heavy atom. The van der Waals surface area contributed by atoms with Crippen LogP contribution < -0.4 is 15.6 Å². The third-order valence-electron chi connectivity index (χ3n) is 3.50. The first kappa shape index (κ1) is 17.6. The summed E-state index contributed by atoms with van der Waals surface area (Å²) in [6, 6.07) is 12.8. The molecular weight excluding hydrogens is 361 g/mol. The summed E-state index contributed by atoms with van der Waals surface area (Å²) in [5.74, 6) is -0.990. The normalized spacial score (nSPS) is 10.4. The van der Waals surface area contributed by atoms with E-state index in [0.717, 1.165) is 10.7 Å². The average molecular weight is 374 g/mol. The number of nitrogens with zero attached hydrogens (tertiary/aromatic N) is 2. The number of aromatic nitrogens is 2. The van der Waals surface area contributed by atoms with Gasteiger partial charge in [-0.05, 0) is 48.5 Å². The number of hydrogen-bond donors (Lipinski definition) is 1. The molecule has 8 heteroatoms. The first-order valence-electron chi connectivity index (χ1n) is 7.49. The van der Waals surface area contributed by atoms with Gasteiger partial charge in [0, 0.05) is 10.7 Å².